The van der Waals surface area contributed by atoms with Gasteiger partial charge in [-0.2, -0.15) is 0 Å². The maximum atomic E-state index is 12.3. The van der Waals surface area contributed by atoms with Gasteiger partial charge in [-0.1, -0.05) is 17.7 Å². The van der Waals surface area contributed by atoms with Crippen LogP contribution >= 0.6 is 11.6 Å². The number of aryl methyl sites for hydroxylation is 1. The molecule has 0 aliphatic carbocycles. The normalized spacial score (nSPS) is 15.2. The van der Waals surface area contributed by atoms with Crippen LogP contribution in [0.1, 0.15) is 25.0 Å². The van der Waals surface area contributed by atoms with Gasteiger partial charge in [0.25, 0.3) is 5.91 Å². The second-order valence-electron chi connectivity index (χ2n) is 6.29. The molecule has 2 aromatic rings. The first kappa shape index (κ1) is 18.4. The first-order chi connectivity index (χ1) is 12.5. The van der Waals surface area contributed by atoms with Crippen LogP contribution in [0.2, 0.25) is 5.02 Å². The zero-order valence-corrected chi connectivity index (χ0v) is 15.9. The van der Waals surface area contributed by atoms with E-state index in [4.69, 9.17) is 25.8 Å². The van der Waals surface area contributed by atoms with Crippen molar-refractivity contribution < 1.29 is 19.0 Å². The van der Waals surface area contributed by atoms with E-state index in [9.17, 15) is 4.79 Å². The molecule has 138 valence electrons. The smallest absolute Gasteiger partial charge is 0.262 e. The zero-order chi connectivity index (χ0) is 18.7. The first-order valence-corrected chi connectivity index (χ1v) is 8.99. The van der Waals surface area contributed by atoms with E-state index in [0.29, 0.717) is 28.8 Å². The second-order valence-corrected chi connectivity index (χ2v) is 6.70. The van der Waals surface area contributed by atoms with Crippen molar-refractivity contribution >= 4 is 23.2 Å². The summed E-state index contributed by atoms with van der Waals surface area (Å²) in [6.07, 6.45) is 0.954. The molecule has 6 heteroatoms. The molecule has 0 saturated carbocycles. The molecule has 1 N–H and O–H groups in total. The van der Waals surface area contributed by atoms with Crippen molar-refractivity contribution in [3.63, 3.8) is 0 Å². The van der Waals surface area contributed by atoms with Crippen molar-refractivity contribution in [3.05, 3.63) is 46.5 Å². The topological polar surface area (TPSA) is 56.8 Å². The quantitative estimate of drug-likeness (QED) is 0.813. The van der Waals surface area contributed by atoms with E-state index < -0.39 is 0 Å². The van der Waals surface area contributed by atoms with Crippen LogP contribution in [0.25, 0.3) is 0 Å². The molecule has 1 aliphatic heterocycles. The Kier molecular flexibility index (Phi) is 5.57. The Morgan fingerprint density at radius 3 is 2.85 bits per heavy atom. The van der Waals surface area contributed by atoms with Crippen LogP contribution in [0.15, 0.2) is 30.3 Å². The number of rotatable bonds is 6. The van der Waals surface area contributed by atoms with Crippen LogP contribution in [0.3, 0.4) is 0 Å². The number of hydrogen-bond donors (Lipinski definition) is 1. The van der Waals surface area contributed by atoms with Crippen molar-refractivity contribution in [2.45, 2.75) is 33.3 Å². The van der Waals surface area contributed by atoms with Crippen molar-refractivity contribution in [2.75, 3.05) is 18.5 Å². The molecule has 0 spiro atoms. The van der Waals surface area contributed by atoms with Gasteiger partial charge in [0.1, 0.15) is 23.4 Å². The Labute approximate surface area is 158 Å². The van der Waals surface area contributed by atoms with Gasteiger partial charge in [-0.25, -0.2) is 0 Å². The molecule has 0 aromatic heterocycles. The number of anilines is 1. The first-order valence-electron chi connectivity index (χ1n) is 8.61. The van der Waals surface area contributed by atoms with E-state index in [1.54, 1.807) is 18.2 Å². The highest BCUT2D eigenvalue weighted by molar-refractivity contribution is 6.32. The third-order valence-electron chi connectivity index (χ3n) is 4.02. The number of halogens is 1. The zero-order valence-electron chi connectivity index (χ0n) is 15.1. The molecule has 0 bridgehead atoms. The minimum Gasteiger partial charge on any atom is -0.492 e. The monoisotopic (exact) mass is 375 g/mol. The Bertz CT molecular complexity index is 822. The molecule has 2 aromatic carbocycles. The third kappa shape index (κ3) is 4.22. The molecule has 1 aliphatic rings. The van der Waals surface area contributed by atoms with E-state index in [-0.39, 0.29) is 18.6 Å². The lowest BCUT2D eigenvalue weighted by molar-refractivity contribution is -0.118. The number of carbonyl (C=O) groups is 1. The number of hydrogen-bond acceptors (Lipinski definition) is 4. The molecule has 1 heterocycles. The molecule has 5 nitrogen and oxygen atoms in total. The van der Waals surface area contributed by atoms with Crippen LogP contribution < -0.4 is 19.5 Å². The summed E-state index contributed by atoms with van der Waals surface area (Å²) in [6.45, 7) is 6.21. The molecule has 0 saturated heterocycles. The van der Waals surface area contributed by atoms with E-state index >= 15 is 0 Å². The van der Waals surface area contributed by atoms with Crippen LogP contribution in [0, 0.1) is 6.92 Å². The number of fused-ring (bicyclic) bond motifs is 1. The second kappa shape index (κ2) is 7.87. The average molecular weight is 376 g/mol. The average Bonchev–Trinajstić information content (AvgIpc) is 2.95. The standard InChI is InChI=1S/C20H22ClNO4/c1-4-24-19-9-14-8-13(3)26-17(14)10-16(19)22-20(23)11-25-18-7-12(2)5-6-15(18)21/h5-7,9-10,13H,4,8,11H2,1-3H3,(H,22,23). The highest BCUT2D eigenvalue weighted by Gasteiger charge is 2.22. The number of nitrogens with one attached hydrogen (secondary N) is 1. The van der Waals surface area contributed by atoms with Crippen molar-refractivity contribution in [1.82, 2.24) is 0 Å². The predicted molar refractivity (Wildman–Crippen MR) is 102 cm³/mol. The molecule has 0 fully saturated rings. The predicted octanol–water partition coefficient (Wildman–Crippen LogP) is 4.39. The molecule has 1 atom stereocenters. The summed E-state index contributed by atoms with van der Waals surface area (Å²) in [6, 6.07) is 9.16. The van der Waals surface area contributed by atoms with Crippen LogP contribution in [-0.4, -0.2) is 25.2 Å². The molecule has 0 radical (unpaired) electrons. The summed E-state index contributed by atoms with van der Waals surface area (Å²) >= 11 is 6.09. The number of benzene rings is 2. The Balaban J connectivity index is 1.70. The molecular weight excluding hydrogens is 354 g/mol. The minimum atomic E-state index is -0.297. The minimum absolute atomic E-state index is 0.122. The summed E-state index contributed by atoms with van der Waals surface area (Å²) in [4.78, 5) is 12.3. The summed E-state index contributed by atoms with van der Waals surface area (Å²) in [5.74, 6) is 1.59. The van der Waals surface area contributed by atoms with Gasteiger partial charge in [0, 0.05) is 18.1 Å². The van der Waals surface area contributed by atoms with Gasteiger partial charge in [0.05, 0.1) is 17.3 Å². The third-order valence-corrected chi connectivity index (χ3v) is 4.33. The highest BCUT2D eigenvalue weighted by atomic mass is 35.5. The van der Waals surface area contributed by atoms with E-state index in [0.717, 1.165) is 23.3 Å². The van der Waals surface area contributed by atoms with E-state index in [2.05, 4.69) is 5.32 Å². The van der Waals surface area contributed by atoms with Gasteiger partial charge >= 0.3 is 0 Å². The van der Waals surface area contributed by atoms with E-state index in [1.165, 1.54) is 0 Å². The van der Waals surface area contributed by atoms with Gasteiger partial charge < -0.3 is 19.5 Å². The summed E-state index contributed by atoms with van der Waals surface area (Å²) < 4.78 is 17.0. The maximum Gasteiger partial charge on any atom is 0.262 e. The fraction of sp³-hybridized carbons (Fsp3) is 0.350. The summed E-state index contributed by atoms with van der Waals surface area (Å²) in [5.41, 5.74) is 2.67. The molecule has 1 unspecified atom stereocenters. The number of amides is 1. The van der Waals surface area contributed by atoms with Crippen molar-refractivity contribution in [1.29, 1.82) is 0 Å². The Hall–Kier alpha value is -2.40. The maximum absolute atomic E-state index is 12.3. The highest BCUT2D eigenvalue weighted by Crippen LogP contribution is 2.38. The molecule has 1 amide bonds. The lowest BCUT2D eigenvalue weighted by Gasteiger charge is -2.14. The number of ether oxygens (including phenoxy) is 3. The molecular formula is C20H22ClNO4. The molecule has 3 rings (SSSR count). The summed E-state index contributed by atoms with van der Waals surface area (Å²) in [5, 5.41) is 3.30. The van der Waals surface area contributed by atoms with Gasteiger partial charge in [-0.05, 0) is 44.5 Å². The van der Waals surface area contributed by atoms with Crippen LogP contribution in [-0.2, 0) is 11.2 Å². The fourth-order valence-electron chi connectivity index (χ4n) is 2.86. The van der Waals surface area contributed by atoms with E-state index in [1.807, 2.05) is 32.9 Å². The van der Waals surface area contributed by atoms with Crippen molar-refractivity contribution in [2.24, 2.45) is 0 Å². The van der Waals surface area contributed by atoms with Crippen LogP contribution in [0.4, 0.5) is 5.69 Å². The summed E-state index contributed by atoms with van der Waals surface area (Å²) in [7, 11) is 0. The van der Waals surface area contributed by atoms with Gasteiger partial charge in [-0.15, -0.1) is 0 Å². The Morgan fingerprint density at radius 2 is 2.08 bits per heavy atom. The van der Waals surface area contributed by atoms with Gasteiger partial charge in [-0.3, -0.25) is 4.79 Å². The molecule has 26 heavy (non-hydrogen) atoms. The fourth-order valence-corrected chi connectivity index (χ4v) is 3.03. The lowest BCUT2D eigenvalue weighted by atomic mass is 10.1. The van der Waals surface area contributed by atoms with Gasteiger partial charge in [0.2, 0.25) is 0 Å². The Morgan fingerprint density at radius 1 is 1.27 bits per heavy atom. The number of carbonyl (C=O) groups excluding carboxylic acids is 1. The SMILES string of the molecule is CCOc1cc2c(cc1NC(=O)COc1cc(C)ccc1Cl)OC(C)C2. The van der Waals surface area contributed by atoms with Gasteiger partial charge in [0.15, 0.2) is 6.61 Å². The van der Waals surface area contributed by atoms with Crippen molar-refractivity contribution in [3.8, 4) is 17.2 Å². The van der Waals surface area contributed by atoms with Crippen LogP contribution in [0.5, 0.6) is 17.2 Å². The largest absolute Gasteiger partial charge is 0.492 e. The lowest BCUT2D eigenvalue weighted by Crippen LogP contribution is -2.20.